The highest BCUT2D eigenvalue weighted by Gasteiger charge is 2.28. The highest BCUT2D eigenvalue weighted by atomic mass is 16.3. The largest absolute Gasteiger partial charge is 0.385 e. The van der Waals surface area contributed by atoms with E-state index in [0.717, 1.165) is 25.7 Å². The van der Waals surface area contributed by atoms with Gasteiger partial charge in [0.1, 0.15) is 11.8 Å². The van der Waals surface area contributed by atoms with Crippen LogP contribution < -0.4 is 0 Å². The first-order chi connectivity index (χ1) is 7.79. The minimum atomic E-state index is -0.906. The molecule has 4 nitrogen and oxygen atoms in total. The molecule has 0 aliphatic heterocycles. The topological polar surface area (TPSA) is 63.1 Å². The molecule has 0 radical (unpaired) electrons. The molecule has 0 aromatic carbocycles. The van der Waals surface area contributed by atoms with Crippen molar-refractivity contribution in [1.82, 2.24) is 9.97 Å². The number of aliphatic hydroxyl groups excluding tert-OH is 1. The first-order valence-corrected chi connectivity index (χ1v) is 5.77. The van der Waals surface area contributed by atoms with Crippen molar-refractivity contribution in [3.8, 4) is 0 Å². The predicted molar refractivity (Wildman–Crippen MR) is 58.9 cm³/mol. The zero-order valence-corrected chi connectivity index (χ0v) is 9.17. The van der Waals surface area contributed by atoms with Crippen molar-refractivity contribution >= 4 is 5.78 Å². The third kappa shape index (κ3) is 2.44. The Morgan fingerprint density at radius 3 is 2.69 bits per heavy atom. The Morgan fingerprint density at radius 1 is 1.31 bits per heavy atom. The van der Waals surface area contributed by atoms with Gasteiger partial charge in [0.2, 0.25) is 5.78 Å². The van der Waals surface area contributed by atoms with Gasteiger partial charge in [0, 0.05) is 12.4 Å². The molecule has 1 saturated carbocycles. The Balaban J connectivity index is 2.04. The molecule has 2 rings (SSSR count). The minimum Gasteiger partial charge on any atom is -0.385 e. The second kappa shape index (κ2) is 5.16. The van der Waals surface area contributed by atoms with Crippen LogP contribution in [0.5, 0.6) is 0 Å². The van der Waals surface area contributed by atoms with Crippen LogP contribution in [0, 0.1) is 5.92 Å². The van der Waals surface area contributed by atoms with Crippen LogP contribution in [0.2, 0.25) is 0 Å². The van der Waals surface area contributed by atoms with E-state index < -0.39 is 6.10 Å². The lowest BCUT2D eigenvalue weighted by Crippen LogP contribution is -2.31. The number of carbonyl (C=O) groups excluding carboxylic acids is 1. The molecule has 1 fully saturated rings. The second-order valence-corrected chi connectivity index (χ2v) is 4.30. The molecule has 1 unspecified atom stereocenters. The van der Waals surface area contributed by atoms with E-state index in [2.05, 4.69) is 9.97 Å². The van der Waals surface area contributed by atoms with Crippen molar-refractivity contribution in [2.45, 2.75) is 38.2 Å². The Kier molecular flexibility index (Phi) is 3.62. The molecule has 16 heavy (non-hydrogen) atoms. The summed E-state index contributed by atoms with van der Waals surface area (Å²) < 4.78 is 0. The Labute approximate surface area is 94.7 Å². The number of hydrogen-bond donors (Lipinski definition) is 1. The standard InChI is InChI=1S/C12H16N2O2/c15-11(9-4-2-1-3-5-9)12(16)10-8-13-6-7-14-10/h6-9,11,15H,1-5H2. The molecule has 86 valence electrons. The maximum Gasteiger partial charge on any atom is 0.211 e. The highest BCUT2D eigenvalue weighted by Crippen LogP contribution is 2.27. The van der Waals surface area contributed by atoms with Gasteiger partial charge in [-0.15, -0.1) is 0 Å². The zero-order valence-electron chi connectivity index (χ0n) is 9.17. The van der Waals surface area contributed by atoms with Crippen molar-refractivity contribution in [3.05, 3.63) is 24.3 Å². The van der Waals surface area contributed by atoms with E-state index in [1.807, 2.05) is 0 Å². The molecular formula is C12H16N2O2. The quantitative estimate of drug-likeness (QED) is 0.786. The van der Waals surface area contributed by atoms with Gasteiger partial charge in [-0.25, -0.2) is 4.98 Å². The molecule has 4 heteroatoms. The summed E-state index contributed by atoms with van der Waals surface area (Å²) in [5.41, 5.74) is 0.264. The van der Waals surface area contributed by atoms with E-state index in [1.165, 1.54) is 25.0 Å². The SMILES string of the molecule is O=C(c1cnccn1)C(O)C1CCCCC1. The molecule has 1 aliphatic carbocycles. The number of nitrogens with zero attached hydrogens (tertiary/aromatic N) is 2. The molecule has 1 aliphatic rings. The summed E-state index contributed by atoms with van der Waals surface area (Å²) in [4.78, 5) is 19.7. The number of rotatable bonds is 3. The maximum absolute atomic E-state index is 11.9. The summed E-state index contributed by atoms with van der Waals surface area (Å²) in [6, 6.07) is 0. The van der Waals surface area contributed by atoms with Crippen LogP contribution in [0.4, 0.5) is 0 Å². The van der Waals surface area contributed by atoms with Crippen LogP contribution in [-0.4, -0.2) is 27.0 Å². The number of ketones is 1. The molecular weight excluding hydrogens is 204 g/mol. The molecule has 0 saturated heterocycles. The van der Waals surface area contributed by atoms with Crippen LogP contribution in [0.3, 0.4) is 0 Å². The van der Waals surface area contributed by atoms with Crippen molar-refractivity contribution < 1.29 is 9.90 Å². The average molecular weight is 220 g/mol. The van der Waals surface area contributed by atoms with Crippen LogP contribution in [0.1, 0.15) is 42.6 Å². The number of hydrogen-bond acceptors (Lipinski definition) is 4. The molecule has 1 aromatic rings. The smallest absolute Gasteiger partial charge is 0.211 e. The van der Waals surface area contributed by atoms with Crippen molar-refractivity contribution in [2.75, 3.05) is 0 Å². The van der Waals surface area contributed by atoms with Gasteiger partial charge < -0.3 is 5.11 Å². The predicted octanol–water partition coefficient (Wildman–Crippen LogP) is 1.60. The summed E-state index contributed by atoms with van der Waals surface area (Å²) in [5.74, 6) is -0.191. The van der Waals surface area contributed by atoms with Gasteiger partial charge in [-0.3, -0.25) is 9.78 Å². The van der Waals surface area contributed by atoms with Gasteiger partial charge in [0.25, 0.3) is 0 Å². The molecule has 0 bridgehead atoms. The van der Waals surface area contributed by atoms with Crippen LogP contribution in [0.25, 0.3) is 0 Å². The Morgan fingerprint density at radius 2 is 2.06 bits per heavy atom. The fourth-order valence-corrected chi connectivity index (χ4v) is 2.24. The third-order valence-electron chi connectivity index (χ3n) is 3.18. The van der Waals surface area contributed by atoms with Crippen molar-refractivity contribution in [2.24, 2.45) is 5.92 Å². The lowest BCUT2D eigenvalue weighted by Gasteiger charge is -2.25. The van der Waals surface area contributed by atoms with Gasteiger partial charge in [0.05, 0.1) is 6.20 Å². The minimum absolute atomic E-state index is 0.100. The molecule has 1 atom stereocenters. The number of aromatic nitrogens is 2. The lowest BCUT2D eigenvalue weighted by atomic mass is 9.83. The first kappa shape index (κ1) is 11.2. The van der Waals surface area contributed by atoms with E-state index in [1.54, 1.807) is 0 Å². The molecule has 0 spiro atoms. The molecule has 1 heterocycles. The maximum atomic E-state index is 11.9. The summed E-state index contributed by atoms with van der Waals surface area (Å²) in [6.07, 6.45) is 8.80. The van der Waals surface area contributed by atoms with Gasteiger partial charge in [0.15, 0.2) is 0 Å². The van der Waals surface area contributed by atoms with E-state index in [-0.39, 0.29) is 17.4 Å². The third-order valence-corrected chi connectivity index (χ3v) is 3.18. The lowest BCUT2D eigenvalue weighted by molar-refractivity contribution is 0.0529. The summed E-state index contributed by atoms with van der Waals surface area (Å²) in [5, 5.41) is 9.98. The summed E-state index contributed by atoms with van der Waals surface area (Å²) in [7, 11) is 0. The summed E-state index contributed by atoms with van der Waals surface area (Å²) in [6.45, 7) is 0. The highest BCUT2D eigenvalue weighted by molar-refractivity contribution is 5.97. The summed E-state index contributed by atoms with van der Waals surface area (Å²) >= 11 is 0. The van der Waals surface area contributed by atoms with Gasteiger partial charge in [-0.2, -0.15) is 0 Å². The van der Waals surface area contributed by atoms with Crippen LogP contribution in [0.15, 0.2) is 18.6 Å². The number of carbonyl (C=O) groups is 1. The van der Waals surface area contributed by atoms with Crippen LogP contribution >= 0.6 is 0 Å². The average Bonchev–Trinajstić information content (AvgIpc) is 2.39. The van der Waals surface area contributed by atoms with E-state index >= 15 is 0 Å². The van der Waals surface area contributed by atoms with Gasteiger partial charge in [-0.1, -0.05) is 19.3 Å². The number of Topliss-reactive ketones (excluding diaryl/α,β-unsaturated/α-hetero) is 1. The Bertz CT molecular complexity index is 347. The van der Waals surface area contributed by atoms with E-state index in [4.69, 9.17) is 0 Å². The van der Waals surface area contributed by atoms with Crippen molar-refractivity contribution in [1.29, 1.82) is 0 Å². The van der Waals surface area contributed by atoms with Gasteiger partial charge in [-0.05, 0) is 18.8 Å². The Hall–Kier alpha value is -1.29. The van der Waals surface area contributed by atoms with E-state index in [0.29, 0.717) is 0 Å². The normalized spacial score (nSPS) is 19.3. The van der Waals surface area contributed by atoms with Crippen molar-refractivity contribution in [3.63, 3.8) is 0 Å². The fourth-order valence-electron chi connectivity index (χ4n) is 2.24. The molecule has 1 N–H and O–H groups in total. The van der Waals surface area contributed by atoms with E-state index in [9.17, 15) is 9.90 Å². The zero-order chi connectivity index (χ0) is 11.4. The molecule has 1 aromatic heterocycles. The number of aliphatic hydroxyl groups is 1. The van der Waals surface area contributed by atoms with Gasteiger partial charge >= 0.3 is 0 Å². The molecule has 0 amide bonds. The second-order valence-electron chi connectivity index (χ2n) is 4.30. The fraction of sp³-hybridized carbons (Fsp3) is 0.583. The first-order valence-electron chi connectivity index (χ1n) is 5.77. The van der Waals surface area contributed by atoms with Crippen LogP contribution in [-0.2, 0) is 0 Å². The monoisotopic (exact) mass is 220 g/mol.